The number of hydrogen-bond donors (Lipinski definition) is 1. The Bertz CT molecular complexity index is 1070. The molecule has 4 rings (SSSR count). The third-order valence-corrected chi connectivity index (χ3v) is 11.3. The van der Waals surface area contributed by atoms with Crippen LogP contribution in [0.5, 0.6) is 0 Å². The molecule has 4 unspecified atom stereocenters. The lowest BCUT2D eigenvalue weighted by molar-refractivity contribution is -0.153. The van der Waals surface area contributed by atoms with Crippen LogP contribution in [-0.4, -0.2) is 79.4 Å². The van der Waals surface area contributed by atoms with Crippen molar-refractivity contribution in [2.45, 2.75) is 66.1 Å². The molecular weight excluding hydrogens is 568 g/mol. The Labute approximate surface area is 237 Å². The zero-order chi connectivity index (χ0) is 27.6. The molecule has 206 valence electrons. The lowest BCUT2D eigenvalue weighted by atomic mass is 9.71. The minimum atomic E-state index is -0.844. The van der Waals surface area contributed by atoms with Gasteiger partial charge in [0.2, 0.25) is 11.8 Å². The van der Waals surface area contributed by atoms with Gasteiger partial charge in [-0.05, 0) is 25.3 Å². The van der Waals surface area contributed by atoms with Crippen LogP contribution in [0.25, 0.3) is 0 Å². The third-order valence-electron chi connectivity index (χ3n) is 8.12. The fraction of sp³-hybridized carbons (Fsp3) is 0.552. The second kappa shape index (κ2) is 12.0. The topological polar surface area (TPSA) is 87.1 Å². The number of hydrogen-bond acceptors (Lipinski definition) is 6. The summed E-state index contributed by atoms with van der Waals surface area (Å²) in [7, 11) is 0. The van der Waals surface area contributed by atoms with E-state index in [1.54, 1.807) is 27.6 Å². The van der Waals surface area contributed by atoms with Crippen molar-refractivity contribution >= 4 is 45.5 Å². The van der Waals surface area contributed by atoms with Crippen molar-refractivity contribution in [1.29, 1.82) is 0 Å². The number of esters is 1. The minimum Gasteiger partial charge on any atom is -0.461 e. The van der Waals surface area contributed by atoms with Gasteiger partial charge in [0.05, 0.1) is 29.2 Å². The van der Waals surface area contributed by atoms with E-state index in [1.165, 1.54) is 6.08 Å². The number of carbonyl (C=O) groups is 3. The number of aliphatic hydroxyl groups is 1. The molecular formula is C29H37BrN2O5S. The van der Waals surface area contributed by atoms with Crippen LogP contribution in [0.4, 0.5) is 0 Å². The van der Waals surface area contributed by atoms with Crippen LogP contribution in [0.1, 0.15) is 44.7 Å². The molecule has 0 radical (unpaired) electrons. The molecule has 0 aromatic heterocycles. The van der Waals surface area contributed by atoms with E-state index < -0.39 is 34.6 Å². The first kappa shape index (κ1) is 28.9. The van der Waals surface area contributed by atoms with Crippen molar-refractivity contribution in [3.05, 3.63) is 61.2 Å². The quantitative estimate of drug-likeness (QED) is 0.219. The Hall–Kier alpha value is -2.10. The summed E-state index contributed by atoms with van der Waals surface area (Å²) in [6.45, 7) is 11.7. The van der Waals surface area contributed by atoms with Gasteiger partial charge in [0.1, 0.15) is 12.6 Å². The van der Waals surface area contributed by atoms with Gasteiger partial charge < -0.3 is 19.6 Å². The van der Waals surface area contributed by atoms with E-state index in [-0.39, 0.29) is 41.1 Å². The monoisotopic (exact) mass is 604 g/mol. The van der Waals surface area contributed by atoms with E-state index in [9.17, 15) is 19.5 Å². The van der Waals surface area contributed by atoms with Crippen LogP contribution in [0.3, 0.4) is 0 Å². The van der Waals surface area contributed by atoms with Gasteiger partial charge in [-0.15, -0.1) is 18.3 Å². The minimum absolute atomic E-state index is 0.0565. The smallest absolute Gasteiger partial charge is 0.311 e. The largest absolute Gasteiger partial charge is 0.461 e. The van der Waals surface area contributed by atoms with Crippen LogP contribution in [0.15, 0.2) is 55.6 Å². The van der Waals surface area contributed by atoms with E-state index in [4.69, 9.17) is 4.74 Å². The highest BCUT2D eigenvalue weighted by Gasteiger charge is 2.76. The molecule has 3 saturated heterocycles. The van der Waals surface area contributed by atoms with Crippen molar-refractivity contribution in [3.63, 3.8) is 0 Å². The number of fused-ring (bicyclic) bond motifs is 1. The van der Waals surface area contributed by atoms with Crippen molar-refractivity contribution < 1.29 is 24.2 Å². The van der Waals surface area contributed by atoms with Crippen molar-refractivity contribution in [2.24, 2.45) is 11.8 Å². The van der Waals surface area contributed by atoms with Gasteiger partial charge in [-0.1, -0.05) is 78.3 Å². The van der Waals surface area contributed by atoms with Crippen LogP contribution < -0.4 is 0 Å². The van der Waals surface area contributed by atoms with Gasteiger partial charge in [0, 0.05) is 22.7 Å². The molecule has 3 aliphatic rings. The summed E-state index contributed by atoms with van der Waals surface area (Å²) in [5.74, 6) is -2.29. The van der Waals surface area contributed by atoms with E-state index in [2.05, 4.69) is 36.0 Å². The van der Waals surface area contributed by atoms with E-state index in [0.717, 1.165) is 18.4 Å². The fourth-order valence-corrected chi connectivity index (χ4v) is 10.2. The second-order valence-corrected chi connectivity index (χ2v) is 13.1. The molecule has 7 nitrogen and oxygen atoms in total. The molecule has 3 aliphatic heterocycles. The number of benzene rings is 1. The van der Waals surface area contributed by atoms with E-state index in [1.807, 2.05) is 37.3 Å². The lowest BCUT2D eigenvalue weighted by Crippen LogP contribution is -2.57. The maximum absolute atomic E-state index is 14.6. The maximum atomic E-state index is 14.6. The standard InChI is InChI=1S/C29H37BrN2O5S/c1-5-11-18(4)31(14-6-2)27(35)25-29-16-20(30)24(38-29)22(28(36)37-15-7-3)23(29)26(34)32(25)21(17-33)19-12-9-8-10-13-19/h6-10,12-13,18,20-25,33H,2-3,5,11,14-17H2,1,4H3/t18?,20?,21-,22+,23+,24+,25?,29?/m1/s1. The second-order valence-electron chi connectivity index (χ2n) is 10.4. The Kier molecular flexibility index (Phi) is 9.10. The average molecular weight is 606 g/mol. The molecule has 1 aromatic carbocycles. The Morgan fingerprint density at radius 1 is 1.32 bits per heavy atom. The van der Waals surface area contributed by atoms with Crippen LogP contribution in [0.2, 0.25) is 0 Å². The summed E-state index contributed by atoms with van der Waals surface area (Å²) >= 11 is 5.34. The first-order valence-electron chi connectivity index (χ1n) is 13.3. The van der Waals surface area contributed by atoms with Crippen LogP contribution in [-0.2, 0) is 19.1 Å². The number of thioether (sulfide) groups is 1. The molecule has 3 fully saturated rings. The Balaban J connectivity index is 1.85. The molecule has 8 atom stereocenters. The summed E-state index contributed by atoms with van der Waals surface area (Å²) in [5.41, 5.74) is 0.745. The van der Waals surface area contributed by atoms with Gasteiger partial charge in [0.15, 0.2) is 0 Å². The van der Waals surface area contributed by atoms with Crippen molar-refractivity contribution in [2.75, 3.05) is 19.8 Å². The van der Waals surface area contributed by atoms with E-state index >= 15 is 0 Å². The number of halogens is 1. The summed E-state index contributed by atoms with van der Waals surface area (Å²) < 4.78 is 4.65. The molecule has 1 spiro atoms. The Morgan fingerprint density at radius 3 is 2.63 bits per heavy atom. The molecule has 1 aromatic rings. The van der Waals surface area contributed by atoms with Gasteiger partial charge in [0.25, 0.3) is 0 Å². The molecule has 1 N–H and O–H groups in total. The van der Waals surface area contributed by atoms with Gasteiger partial charge in [-0.2, -0.15) is 0 Å². The number of ether oxygens (including phenoxy) is 1. The number of amides is 2. The summed E-state index contributed by atoms with van der Waals surface area (Å²) in [4.78, 5) is 45.6. The lowest BCUT2D eigenvalue weighted by Gasteiger charge is -2.41. The summed E-state index contributed by atoms with van der Waals surface area (Å²) in [5, 5.41) is 10.4. The van der Waals surface area contributed by atoms with Gasteiger partial charge >= 0.3 is 5.97 Å². The van der Waals surface area contributed by atoms with E-state index in [0.29, 0.717) is 13.0 Å². The fourth-order valence-electron chi connectivity index (χ4n) is 6.58. The predicted octanol–water partition coefficient (Wildman–Crippen LogP) is 4.12. The van der Waals surface area contributed by atoms with Gasteiger partial charge in [-0.25, -0.2) is 0 Å². The number of nitrogens with zero attached hydrogens (tertiary/aromatic N) is 2. The number of likely N-dealkylation sites (tertiary alicyclic amines) is 1. The number of alkyl halides is 1. The SMILES string of the molecule is C=CCOC(=O)[C@H]1[C@H]2C(=O)N([C@H](CO)c3ccccc3)C(C(=O)N(CC=C)C(C)CCC)C23CC(Br)[C@@H]1S3. The maximum Gasteiger partial charge on any atom is 0.311 e. The molecule has 0 aliphatic carbocycles. The van der Waals surface area contributed by atoms with Crippen molar-refractivity contribution in [3.8, 4) is 0 Å². The van der Waals surface area contributed by atoms with Crippen molar-refractivity contribution in [1.82, 2.24) is 9.80 Å². The normalized spacial score (nSPS) is 31.0. The summed E-state index contributed by atoms with van der Waals surface area (Å²) in [6, 6.07) is 7.67. The zero-order valence-electron chi connectivity index (χ0n) is 22.0. The highest BCUT2D eigenvalue weighted by atomic mass is 79.9. The molecule has 9 heteroatoms. The highest BCUT2D eigenvalue weighted by molar-refractivity contribution is 9.09. The predicted molar refractivity (Wildman–Crippen MR) is 153 cm³/mol. The van der Waals surface area contributed by atoms with Gasteiger partial charge in [-0.3, -0.25) is 14.4 Å². The number of carbonyl (C=O) groups excluding carboxylic acids is 3. The average Bonchev–Trinajstić information content (AvgIpc) is 3.50. The molecule has 0 saturated carbocycles. The first-order valence-corrected chi connectivity index (χ1v) is 15.1. The molecule has 2 amide bonds. The molecule has 38 heavy (non-hydrogen) atoms. The molecule has 3 heterocycles. The van der Waals surface area contributed by atoms with Crippen LogP contribution in [0, 0.1) is 11.8 Å². The summed E-state index contributed by atoms with van der Waals surface area (Å²) in [6.07, 6.45) is 5.50. The highest BCUT2D eigenvalue weighted by Crippen LogP contribution is 2.68. The molecule has 2 bridgehead atoms. The number of aliphatic hydroxyl groups excluding tert-OH is 1. The first-order chi connectivity index (χ1) is 18.3. The van der Waals surface area contributed by atoms with Crippen LogP contribution >= 0.6 is 27.7 Å². The Morgan fingerprint density at radius 2 is 2.03 bits per heavy atom. The zero-order valence-corrected chi connectivity index (χ0v) is 24.4. The number of rotatable bonds is 12. The third kappa shape index (κ3) is 4.75.